The zero-order valence-electron chi connectivity index (χ0n) is 18.4. The molecule has 1 aliphatic rings. The van der Waals surface area contributed by atoms with Crippen LogP contribution in [-0.2, 0) is 17.9 Å². The van der Waals surface area contributed by atoms with Crippen molar-refractivity contribution in [1.82, 2.24) is 19.4 Å². The minimum atomic E-state index is -0.584. The summed E-state index contributed by atoms with van der Waals surface area (Å²) in [5.41, 5.74) is 0.0227. The fraction of sp³-hybridized carbons (Fsp3) is 0.240. The molecule has 9 heteroatoms. The van der Waals surface area contributed by atoms with Crippen LogP contribution in [0.15, 0.2) is 70.3 Å². The van der Waals surface area contributed by atoms with Crippen LogP contribution >= 0.6 is 11.3 Å². The lowest BCUT2D eigenvalue weighted by Crippen LogP contribution is -2.49. The van der Waals surface area contributed by atoms with Gasteiger partial charge in [-0.1, -0.05) is 30.3 Å². The van der Waals surface area contributed by atoms with E-state index in [1.54, 1.807) is 52.6 Å². The Bertz CT molecular complexity index is 1470. The third-order valence-corrected chi connectivity index (χ3v) is 7.21. The highest BCUT2D eigenvalue weighted by molar-refractivity contribution is 7.15. The highest BCUT2D eigenvalue weighted by Gasteiger charge is 2.23. The number of hydrogen-bond donors (Lipinski definition) is 1. The van der Waals surface area contributed by atoms with Crippen LogP contribution in [0.2, 0.25) is 0 Å². The molecule has 0 bridgehead atoms. The average Bonchev–Trinajstić information content (AvgIpc) is 3.30. The van der Waals surface area contributed by atoms with E-state index < -0.39 is 11.2 Å². The van der Waals surface area contributed by atoms with Gasteiger partial charge in [0.1, 0.15) is 12.4 Å². The van der Waals surface area contributed by atoms with Gasteiger partial charge in [-0.15, -0.1) is 11.3 Å². The van der Waals surface area contributed by atoms with Gasteiger partial charge in [-0.2, -0.15) is 0 Å². The van der Waals surface area contributed by atoms with E-state index >= 15 is 0 Å². The smallest absolute Gasteiger partial charge is 0.329 e. The number of H-pyrrole nitrogens is 1. The zero-order chi connectivity index (χ0) is 23.7. The number of thiophene rings is 1. The van der Waals surface area contributed by atoms with Gasteiger partial charge < -0.3 is 4.90 Å². The monoisotopic (exact) mass is 478 g/mol. The molecular weight excluding hydrogens is 455 g/mol. The van der Waals surface area contributed by atoms with Crippen LogP contribution in [-0.4, -0.2) is 51.4 Å². The van der Waals surface area contributed by atoms with Crippen molar-refractivity contribution in [3.63, 3.8) is 0 Å². The Kier molecular flexibility index (Phi) is 6.12. The number of aromatic nitrogens is 2. The predicted molar refractivity (Wildman–Crippen MR) is 130 cm³/mol. The van der Waals surface area contributed by atoms with Crippen molar-refractivity contribution in [2.24, 2.45) is 0 Å². The number of hydrogen-bond acceptors (Lipinski definition) is 5. The number of rotatable bonds is 5. The van der Waals surface area contributed by atoms with Crippen molar-refractivity contribution in [2.45, 2.75) is 13.1 Å². The van der Waals surface area contributed by atoms with Gasteiger partial charge >= 0.3 is 5.69 Å². The molecule has 0 unspecified atom stereocenters. The minimum absolute atomic E-state index is 0.118. The Balaban J connectivity index is 1.21. The van der Waals surface area contributed by atoms with Crippen molar-refractivity contribution in [2.75, 3.05) is 26.2 Å². The number of para-hydroxylation sites is 1. The zero-order valence-corrected chi connectivity index (χ0v) is 19.2. The summed E-state index contributed by atoms with van der Waals surface area (Å²) in [5, 5.41) is 0.380. The second-order valence-electron chi connectivity index (χ2n) is 8.27. The van der Waals surface area contributed by atoms with Crippen LogP contribution in [0.25, 0.3) is 21.3 Å². The Morgan fingerprint density at radius 2 is 1.68 bits per heavy atom. The lowest BCUT2D eigenvalue weighted by Gasteiger charge is -2.34. The van der Waals surface area contributed by atoms with Crippen LogP contribution in [0.3, 0.4) is 0 Å². The number of aromatic amines is 1. The topological polar surface area (TPSA) is 78.4 Å². The van der Waals surface area contributed by atoms with Gasteiger partial charge in [0.2, 0.25) is 5.91 Å². The molecule has 0 saturated carbocycles. The van der Waals surface area contributed by atoms with Gasteiger partial charge in [0.15, 0.2) is 0 Å². The minimum Gasteiger partial charge on any atom is -0.339 e. The Morgan fingerprint density at radius 3 is 2.47 bits per heavy atom. The van der Waals surface area contributed by atoms with E-state index in [0.29, 0.717) is 42.6 Å². The molecule has 1 saturated heterocycles. The van der Waals surface area contributed by atoms with Crippen LogP contribution in [0.4, 0.5) is 4.39 Å². The maximum Gasteiger partial charge on any atom is 0.329 e. The number of fused-ring (bicyclic) bond motifs is 1. The van der Waals surface area contributed by atoms with Gasteiger partial charge in [0.05, 0.1) is 10.9 Å². The molecule has 1 fully saturated rings. The van der Waals surface area contributed by atoms with E-state index in [4.69, 9.17) is 0 Å². The number of amides is 1. The van der Waals surface area contributed by atoms with E-state index in [1.165, 1.54) is 10.6 Å². The maximum absolute atomic E-state index is 14.1. The summed E-state index contributed by atoms with van der Waals surface area (Å²) in [6.07, 6.45) is 0. The molecule has 2 aromatic carbocycles. The summed E-state index contributed by atoms with van der Waals surface area (Å²) in [7, 11) is 0. The first-order valence-corrected chi connectivity index (χ1v) is 11.9. The second kappa shape index (κ2) is 9.36. The molecule has 1 aliphatic heterocycles. The molecule has 5 rings (SSSR count). The predicted octanol–water partition coefficient (Wildman–Crippen LogP) is 2.90. The fourth-order valence-corrected chi connectivity index (χ4v) is 5.36. The SMILES string of the molecule is O=C(Cn1c(=O)[nH]c(=O)c2ccccc21)N1CCN(Cc2ccc(-c3ccccc3F)s2)CC1. The third-order valence-electron chi connectivity index (χ3n) is 6.10. The molecule has 0 aliphatic carbocycles. The summed E-state index contributed by atoms with van der Waals surface area (Å²) in [6.45, 7) is 3.15. The van der Waals surface area contributed by atoms with Gasteiger partial charge in [0, 0.05) is 48.0 Å². The quantitative estimate of drug-likeness (QED) is 0.479. The summed E-state index contributed by atoms with van der Waals surface area (Å²) >= 11 is 1.58. The number of benzene rings is 2. The standard InChI is InChI=1S/C25H23FN4O3S/c26-20-7-3-1-5-18(20)22-10-9-17(34-22)15-28-11-13-29(14-12-28)23(31)16-30-21-8-4-2-6-19(21)24(32)27-25(30)33/h1-10H,11-16H2,(H,27,32,33). The third kappa shape index (κ3) is 4.44. The largest absolute Gasteiger partial charge is 0.339 e. The lowest BCUT2D eigenvalue weighted by atomic mass is 10.2. The van der Waals surface area contributed by atoms with Crippen LogP contribution < -0.4 is 11.2 Å². The number of nitrogens with one attached hydrogen (secondary N) is 1. The Labute approximate surface area is 198 Å². The van der Waals surface area contributed by atoms with Gasteiger partial charge in [-0.05, 0) is 30.3 Å². The molecule has 2 aromatic heterocycles. The van der Waals surface area contributed by atoms with Gasteiger partial charge in [-0.25, -0.2) is 9.18 Å². The van der Waals surface area contributed by atoms with Gasteiger partial charge in [-0.3, -0.25) is 24.0 Å². The summed E-state index contributed by atoms with van der Waals surface area (Å²) in [6, 6.07) is 17.5. The van der Waals surface area contributed by atoms with Crippen LogP contribution in [0.5, 0.6) is 0 Å². The van der Waals surface area contributed by atoms with E-state index in [-0.39, 0.29) is 18.3 Å². The molecule has 0 radical (unpaired) electrons. The van der Waals surface area contributed by atoms with Crippen LogP contribution in [0, 0.1) is 5.82 Å². The number of nitrogens with zero attached hydrogens (tertiary/aromatic N) is 3. The molecule has 7 nitrogen and oxygen atoms in total. The summed E-state index contributed by atoms with van der Waals surface area (Å²) < 4.78 is 15.4. The number of carbonyl (C=O) groups excluding carboxylic acids is 1. The first-order chi connectivity index (χ1) is 16.5. The normalized spacial score (nSPS) is 14.6. The maximum atomic E-state index is 14.1. The molecular formula is C25H23FN4O3S. The van der Waals surface area contributed by atoms with Crippen molar-refractivity contribution in [3.8, 4) is 10.4 Å². The molecule has 0 spiro atoms. The first-order valence-electron chi connectivity index (χ1n) is 11.1. The fourth-order valence-electron chi connectivity index (χ4n) is 4.28. The van der Waals surface area contributed by atoms with Crippen molar-refractivity contribution >= 4 is 28.1 Å². The average molecular weight is 479 g/mol. The first kappa shape index (κ1) is 22.2. The van der Waals surface area contributed by atoms with Crippen molar-refractivity contribution in [1.29, 1.82) is 0 Å². The molecule has 0 atom stereocenters. The van der Waals surface area contributed by atoms with Crippen molar-refractivity contribution < 1.29 is 9.18 Å². The highest BCUT2D eigenvalue weighted by Crippen LogP contribution is 2.30. The van der Waals surface area contributed by atoms with E-state index in [1.807, 2.05) is 18.2 Å². The van der Waals surface area contributed by atoms with Crippen molar-refractivity contribution in [3.05, 3.63) is 92.2 Å². The summed E-state index contributed by atoms with van der Waals surface area (Å²) in [4.78, 5) is 45.7. The number of halogens is 1. The van der Waals surface area contributed by atoms with E-state index in [9.17, 15) is 18.8 Å². The molecule has 34 heavy (non-hydrogen) atoms. The number of carbonyl (C=O) groups is 1. The van der Waals surface area contributed by atoms with E-state index in [2.05, 4.69) is 9.88 Å². The van der Waals surface area contributed by atoms with Gasteiger partial charge in [0.25, 0.3) is 5.56 Å². The number of piperazine rings is 1. The summed E-state index contributed by atoms with van der Waals surface area (Å²) in [5.74, 6) is -0.380. The lowest BCUT2D eigenvalue weighted by molar-refractivity contribution is -0.133. The molecule has 1 amide bonds. The molecule has 4 aromatic rings. The molecule has 1 N–H and O–H groups in total. The second-order valence-corrected chi connectivity index (χ2v) is 9.43. The van der Waals surface area contributed by atoms with Crippen LogP contribution in [0.1, 0.15) is 4.88 Å². The highest BCUT2D eigenvalue weighted by atomic mass is 32.1. The van der Waals surface area contributed by atoms with E-state index in [0.717, 1.165) is 16.3 Å². The molecule has 174 valence electrons. The Hall–Kier alpha value is -3.56. The Morgan fingerprint density at radius 1 is 0.941 bits per heavy atom. The molecule has 3 heterocycles.